The predicted molar refractivity (Wildman–Crippen MR) is 127 cm³/mol. The van der Waals surface area contributed by atoms with Gasteiger partial charge in [0.2, 0.25) is 0 Å². The van der Waals surface area contributed by atoms with E-state index in [9.17, 15) is 18.0 Å². The fraction of sp³-hybridized carbons (Fsp3) is 0.500. The van der Waals surface area contributed by atoms with E-state index in [1.165, 1.54) is 17.4 Å². The second-order valence-electron chi connectivity index (χ2n) is 8.80. The third kappa shape index (κ3) is 5.13. The predicted octanol–water partition coefficient (Wildman–Crippen LogP) is 8.49. The molecule has 33 heavy (non-hydrogen) atoms. The van der Waals surface area contributed by atoms with Gasteiger partial charge in [-0.3, -0.25) is 4.79 Å². The number of Topliss-reactive ketones (excluding diaryl/α,β-unsaturated/α-hetero) is 1. The summed E-state index contributed by atoms with van der Waals surface area (Å²) >= 11 is 1.37. The summed E-state index contributed by atoms with van der Waals surface area (Å²) in [5.74, 6) is 0.366. The number of halogens is 3. The molecule has 3 nitrogen and oxygen atoms in total. The number of ketones is 1. The maximum Gasteiger partial charge on any atom is 0.417 e. The number of hydrogen-bond donors (Lipinski definition) is 0. The number of thiophene rings is 1. The molecule has 3 aromatic rings. The lowest BCUT2D eigenvalue weighted by Gasteiger charge is -2.19. The Hall–Kier alpha value is -2.28. The number of carbonyl (C=O) groups excluding carboxylic acids is 1. The summed E-state index contributed by atoms with van der Waals surface area (Å²) in [5.41, 5.74) is 0.853. The zero-order chi connectivity index (χ0) is 23.6. The zero-order valence-electron chi connectivity index (χ0n) is 19.1. The molecule has 1 fully saturated rings. The van der Waals surface area contributed by atoms with E-state index in [0.29, 0.717) is 23.5 Å². The molecule has 1 aromatic carbocycles. The Morgan fingerprint density at radius 1 is 1.12 bits per heavy atom. The van der Waals surface area contributed by atoms with Crippen molar-refractivity contribution in [1.82, 2.24) is 4.57 Å². The molecule has 1 saturated carbocycles. The topological polar surface area (TPSA) is 31.2 Å². The highest BCUT2D eigenvalue weighted by Gasteiger charge is 2.35. The number of aryl methyl sites for hydroxylation is 1. The summed E-state index contributed by atoms with van der Waals surface area (Å²) in [6.07, 6.45) is 2.39. The van der Waals surface area contributed by atoms with Crippen LogP contribution in [0, 0.1) is 0 Å². The number of benzene rings is 1. The lowest BCUT2D eigenvalue weighted by molar-refractivity contribution is -0.137. The van der Waals surface area contributed by atoms with Crippen LogP contribution in [0.4, 0.5) is 13.2 Å². The number of hydrogen-bond acceptors (Lipinski definition) is 3. The molecular formula is C26H30F3NO2S. The first-order valence-electron chi connectivity index (χ1n) is 11.9. The molecule has 0 aliphatic heterocycles. The zero-order valence-corrected chi connectivity index (χ0v) is 20.0. The van der Waals surface area contributed by atoms with Crippen molar-refractivity contribution in [1.29, 1.82) is 0 Å². The van der Waals surface area contributed by atoms with E-state index in [4.69, 9.17) is 4.74 Å². The van der Waals surface area contributed by atoms with Crippen molar-refractivity contribution in [3.8, 4) is 17.0 Å². The minimum atomic E-state index is -4.50. The number of nitrogens with zero attached hydrogens (tertiary/aromatic N) is 1. The quantitative estimate of drug-likeness (QED) is 0.289. The molecule has 7 heteroatoms. The van der Waals surface area contributed by atoms with Crippen molar-refractivity contribution in [2.45, 2.75) is 84.0 Å². The van der Waals surface area contributed by atoms with Gasteiger partial charge < -0.3 is 9.30 Å². The van der Waals surface area contributed by atoms with Gasteiger partial charge in [-0.2, -0.15) is 13.2 Å². The summed E-state index contributed by atoms with van der Waals surface area (Å²) in [4.78, 5) is 13.1. The smallest absolute Gasteiger partial charge is 0.417 e. The van der Waals surface area contributed by atoms with Gasteiger partial charge in [0.1, 0.15) is 5.75 Å². The standard InChI is InChI=1S/C26H30F3NO2S/c1-3-5-13-30-21(15-24-22(30)16-25(33-24)23(31)8-4-2)19-12-11-18(14-20(19)26(27,28)29)32-17-9-6-7-10-17/h11-12,14-17H,3-10,13H2,1-2H3. The van der Waals surface area contributed by atoms with Gasteiger partial charge in [-0.05, 0) is 68.9 Å². The molecule has 0 N–H and O–H groups in total. The van der Waals surface area contributed by atoms with Crippen molar-refractivity contribution < 1.29 is 22.7 Å². The van der Waals surface area contributed by atoms with Gasteiger partial charge in [-0.15, -0.1) is 11.3 Å². The van der Waals surface area contributed by atoms with Crippen molar-refractivity contribution in [2.24, 2.45) is 0 Å². The van der Waals surface area contributed by atoms with Gasteiger partial charge in [-0.1, -0.05) is 20.3 Å². The van der Waals surface area contributed by atoms with Crippen LogP contribution in [0.5, 0.6) is 5.75 Å². The Kier molecular flexibility index (Phi) is 7.17. The Morgan fingerprint density at radius 3 is 2.55 bits per heavy atom. The van der Waals surface area contributed by atoms with Crippen LogP contribution in [-0.4, -0.2) is 16.5 Å². The fourth-order valence-corrected chi connectivity index (χ4v) is 5.63. The summed E-state index contributed by atoms with van der Waals surface area (Å²) in [6, 6.07) is 8.00. The second-order valence-corrected chi connectivity index (χ2v) is 9.88. The van der Waals surface area contributed by atoms with Gasteiger partial charge in [0, 0.05) is 18.5 Å². The summed E-state index contributed by atoms with van der Waals surface area (Å²) in [6.45, 7) is 4.62. The van der Waals surface area contributed by atoms with E-state index in [1.807, 2.05) is 17.6 Å². The molecule has 178 valence electrons. The average Bonchev–Trinajstić information content (AvgIpc) is 3.49. The highest BCUT2D eigenvalue weighted by Crippen LogP contribution is 2.43. The molecule has 1 aliphatic carbocycles. The number of rotatable bonds is 9. The SMILES string of the molecule is CCCCn1c(-c2ccc(OC3CCCC3)cc2C(F)(F)F)cc2sc(C(=O)CCC)cc21. The van der Waals surface area contributed by atoms with E-state index in [1.54, 1.807) is 12.1 Å². The van der Waals surface area contributed by atoms with Crippen LogP contribution in [0.1, 0.15) is 80.4 Å². The Balaban J connectivity index is 1.78. The van der Waals surface area contributed by atoms with Gasteiger partial charge in [0.15, 0.2) is 5.78 Å². The molecule has 4 rings (SSSR count). The molecule has 2 heterocycles. The van der Waals surface area contributed by atoms with Gasteiger partial charge in [0.25, 0.3) is 0 Å². The highest BCUT2D eigenvalue weighted by atomic mass is 32.1. The highest BCUT2D eigenvalue weighted by molar-refractivity contribution is 7.20. The van der Waals surface area contributed by atoms with E-state index >= 15 is 0 Å². The second kappa shape index (κ2) is 9.92. The van der Waals surface area contributed by atoms with Crippen LogP contribution in [0.2, 0.25) is 0 Å². The number of ether oxygens (including phenoxy) is 1. The first kappa shape index (κ1) is 23.9. The minimum absolute atomic E-state index is 0.00485. The van der Waals surface area contributed by atoms with Gasteiger partial charge >= 0.3 is 6.18 Å². The molecule has 0 saturated heterocycles. The van der Waals surface area contributed by atoms with Crippen molar-refractivity contribution in [3.05, 3.63) is 40.8 Å². The van der Waals surface area contributed by atoms with Crippen LogP contribution < -0.4 is 4.74 Å². The lowest BCUT2D eigenvalue weighted by Crippen LogP contribution is -2.13. The number of unbranched alkanes of at least 4 members (excludes halogenated alkanes) is 1. The van der Waals surface area contributed by atoms with Crippen LogP contribution in [0.3, 0.4) is 0 Å². The lowest BCUT2D eigenvalue weighted by atomic mass is 10.0. The minimum Gasteiger partial charge on any atom is -0.490 e. The summed E-state index contributed by atoms with van der Waals surface area (Å²) < 4.78 is 51.1. The van der Waals surface area contributed by atoms with Crippen LogP contribution in [0.25, 0.3) is 21.5 Å². The summed E-state index contributed by atoms with van der Waals surface area (Å²) in [5, 5.41) is 0. The molecular weight excluding hydrogens is 447 g/mol. The third-order valence-corrected chi connectivity index (χ3v) is 7.37. The third-order valence-electron chi connectivity index (χ3n) is 6.25. The first-order valence-corrected chi connectivity index (χ1v) is 12.7. The first-order chi connectivity index (χ1) is 15.8. The monoisotopic (exact) mass is 477 g/mol. The molecule has 0 radical (unpaired) electrons. The molecule has 0 bridgehead atoms. The van der Waals surface area contributed by atoms with Crippen LogP contribution in [-0.2, 0) is 12.7 Å². The average molecular weight is 478 g/mol. The van der Waals surface area contributed by atoms with E-state index in [0.717, 1.165) is 61.2 Å². The molecule has 1 aliphatic rings. The number of aromatic nitrogens is 1. The van der Waals surface area contributed by atoms with Crippen molar-refractivity contribution in [3.63, 3.8) is 0 Å². The molecule has 0 spiro atoms. The molecule has 0 amide bonds. The van der Waals surface area contributed by atoms with Crippen molar-refractivity contribution in [2.75, 3.05) is 0 Å². The maximum absolute atomic E-state index is 14.1. The molecule has 0 unspecified atom stereocenters. The Bertz CT molecular complexity index is 1120. The van der Waals surface area contributed by atoms with Gasteiger partial charge in [-0.25, -0.2) is 0 Å². The summed E-state index contributed by atoms with van der Waals surface area (Å²) in [7, 11) is 0. The van der Waals surface area contributed by atoms with E-state index in [2.05, 4.69) is 6.92 Å². The van der Waals surface area contributed by atoms with Crippen molar-refractivity contribution >= 4 is 27.3 Å². The number of carbonyl (C=O) groups is 1. The van der Waals surface area contributed by atoms with E-state index < -0.39 is 11.7 Å². The van der Waals surface area contributed by atoms with E-state index in [-0.39, 0.29) is 23.2 Å². The molecule has 2 aromatic heterocycles. The normalized spacial score (nSPS) is 14.9. The Labute approximate surface area is 196 Å². The van der Waals surface area contributed by atoms with Gasteiger partial charge in [0.05, 0.1) is 32.5 Å². The van der Waals surface area contributed by atoms with Crippen LogP contribution in [0.15, 0.2) is 30.3 Å². The fourth-order valence-electron chi connectivity index (χ4n) is 4.56. The number of fused-ring (bicyclic) bond motifs is 1. The Morgan fingerprint density at radius 2 is 1.88 bits per heavy atom. The molecule has 0 atom stereocenters. The maximum atomic E-state index is 14.1. The number of alkyl halides is 3. The largest absolute Gasteiger partial charge is 0.490 e. The van der Waals surface area contributed by atoms with Crippen LogP contribution >= 0.6 is 11.3 Å².